The van der Waals surface area contributed by atoms with Gasteiger partial charge >= 0.3 is 6.03 Å². The van der Waals surface area contributed by atoms with Gasteiger partial charge in [-0.05, 0) is 48.6 Å². The zero-order chi connectivity index (χ0) is 15.6. The minimum atomic E-state index is -0.785. The number of carbonyl (C=O) groups is 1. The Labute approximate surface area is 133 Å². The summed E-state index contributed by atoms with van der Waals surface area (Å²) < 4.78 is 13.0. The molecule has 4 nitrogen and oxygen atoms in total. The number of rotatable bonds is 5. The summed E-state index contributed by atoms with van der Waals surface area (Å²) in [6.07, 6.45) is 2.85. The van der Waals surface area contributed by atoms with Crippen LogP contribution in [0.3, 0.4) is 0 Å². The molecule has 1 heterocycles. The number of benzene rings is 1. The normalized spacial score (nSPS) is 25.7. The van der Waals surface area contributed by atoms with E-state index in [9.17, 15) is 14.3 Å². The Morgan fingerprint density at radius 2 is 2.14 bits per heavy atom. The van der Waals surface area contributed by atoms with Gasteiger partial charge in [-0.2, -0.15) is 11.8 Å². The zero-order valence-electron chi connectivity index (χ0n) is 12.3. The highest BCUT2D eigenvalue weighted by molar-refractivity contribution is 7.99. The van der Waals surface area contributed by atoms with Crippen LogP contribution in [0.4, 0.5) is 9.18 Å². The first-order valence-electron chi connectivity index (χ1n) is 7.66. The van der Waals surface area contributed by atoms with Gasteiger partial charge in [-0.15, -0.1) is 0 Å². The molecule has 1 saturated carbocycles. The number of urea groups is 1. The van der Waals surface area contributed by atoms with E-state index in [-0.39, 0.29) is 24.4 Å². The molecule has 6 heteroatoms. The van der Waals surface area contributed by atoms with E-state index in [4.69, 9.17) is 0 Å². The van der Waals surface area contributed by atoms with Crippen LogP contribution in [0.1, 0.15) is 30.9 Å². The zero-order valence-corrected chi connectivity index (χ0v) is 13.2. The number of hydrogen-bond acceptors (Lipinski definition) is 3. The molecule has 1 saturated heterocycles. The van der Waals surface area contributed by atoms with Crippen molar-refractivity contribution in [2.45, 2.75) is 30.9 Å². The van der Waals surface area contributed by atoms with Crippen LogP contribution in [0.5, 0.6) is 0 Å². The Bertz CT molecular complexity index is 527. The quantitative estimate of drug-likeness (QED) is 0.780. The fourth-order valence-corrected chi connectivity index (χ4v) is 4.04. The summed E-state index contributed by atoms with van der Waals surface area (Å²) >= 11 is 1.70. The molecule has 3 rings (SSSR count). The van der Waals surface area contributed by atoms with Crippen LogP contribution in [0.25, 0.3) is 0 Å². The molecule has 0 unspecified atom stereocenters. The predicted molar refractivity (Wildman–Crippen MR) is 85.3 cm³/mol. The first kappa shape index (κ1) is 15.6. The van der Waals surface area contributed by atoms with Gasteiger partial charge in [-0.1, -0.05) is 12.1 Å². The summed E-state index contributed by atoms with van der Waals surface area (Å²) in [5.41, 5.74) is 0.140. The second kappa shape index (κ2) is 6.46. The Morgan fingerprint density at radius 1 is 1.41 bits per heavy atom. The summed E-state index contributed by atoms with van der Waals surface area (Å²) in [5.74, 6) is 1.74. The number of halogens is 1. The van der Waals surface area contributed by atoms with Crippen LogP contribution in [0, 0.1) is 11.7 Å². The fourth-order valence-electron chi connectivity index (χ4n) is 2.75. The molecule has 2 atom stereocenters. The van der Waals surface area contributed by atoms with Crippen molar-refractivity contribution in [2.24, 2.45) is 5.92 Å². The molecule has 22 heavy (non-hydrogen) atoms. The molecule has 1 aliphatic heterocycles. The maximum atomic E-state index is 13.0. The van der Waals surface area contributed by atoms with E-state index in [1.54, 1.807) is 23.9 Å². The SMILES string of the molecule is O=C(NC[C@]1(O)CCSC1)N[C@@H](c1ccc(F)cc1)C1CC1. The van der Waals surface area contributed by atoms with Crippen LogP contribution >= 0.6 is 11.8 Å². The van der Waals surface area contributed by atoms with E-state index in [1.807, 2.05) is 0 Å². The van der Waals surface area contributed by atoms with Crippen LogP contribution in [0.15, 0.2) is 24.3 Å². The average molecular weight is 324 g/mol. The lowest BCUT2D eigenvalue weighted by atomic mass is 10.0. The molecule has 0 radical (unpaired) electrons. The van der Waals surface area contributed by atoms with Crippen molar-refractivity contribution >= 4 is 17.8 Å². The number of nitrogens with one attached hydrogen (secondary N) is 2. The van der Waals surface area contributed by atoms with Crippen molar-refractivity contribution in [2.75, 3.05) is 18.1 Å². The highest BCUT2D eigenvalue weighted by Gasteiger charge is 2.35. The molecule has 0 spiro atoms. The van der Waals surface area contributed by atoms with Crippen molar-refractivity contribution in [3.05, 3.63) is 35.6 Å². The van der Waals surface area contributed by atoms with Crippen molar-refractivity contribution < 1.29 is 14.3 Å². The number of hydrogen-bond donors (Lipinski definition) is 3. The van der Waals surface area contributed by atoms with Gasteiger partial charge in [0, 0.05) is 12.3 Å². The smallest absolute Gasteiger partial charge is 0.315 e. The van der Waals surface area contributed by atoms with Gasteiger partial charge in [0.05, 0.1) is 11.6 Å². The lowest BCUT2D eigenvalue weighted by Gasteiger charge is -2.24. The molecule has 2 amide bonds. The van der Waals surface area contributed by atoms with Gasteiger partial charge in [0.1, 0.15) is 5.82 Å². The molecule has 1 aromatic rings. The minimum absolute atomic E-state index is 0.0896. The van der Waals surface area contributed by atoms with Gasteiger partial charge in [0.2, 0.25) is 0 Å². The maximum absolute atomic E-state index is 13.0. The summed E-state index contributed by atoms with van der Waals surface area (Å²) in [5, 5.41) is 16.0. The lowest BCUT2D eigenvalue weighted by Crippen LogP contribution is -2.47. The highest BCUT2D eigenvalue weighted by atomic mass is 32.2. The monoisotopic (exact) mass is 324 g/mol. The van der Waals surface area contributed by atoms with Gasteiger partial charge in [-0.3, -0.25) is 0 Å². The van der Waals surface area contributed by atoms with Crippen molar-refractivity contribution in [1.82, 2.24) is 10.6 Å². The van der Waals surface area contributed by atoms with Crippen molar-refractivity contribution in [3.63, 3.8) is 0 Å². The highest BCUT2D eigenvalue weighted by Crippen LogP contribution is 2.41. The summed E-state index contributed by atoms with van der Waals surface area (Å²) in [4.78, 5) is 12.1. The van der Waals surface area contributed by atoms with E-state index < -0.39 is 5.60 Å². The molecule has 1 aliphatic carbocycles. The summed E-state index contributed by atoms with van der Waals surface area (Å²) in [7, 11) is 0. The standard InChI is InChI=1S/C16H21FN2O2S/c17-13-5-3-12(4-6-13)14(11-1-2-11)19-15(20)18-9-16(21)7-8-22-10-16/h3-6,11,14,21H,1-2,7-10H2,(H2,18,19,20)/t14-,16-/m1/s1. The molecular weight excluding hydrogens is 303 g/mol. The maximum Gasteiger partial charge on any atom is 0.315 e. The van der Waals surface area contributed by atoms with E-state index in [0.29, 0.717) is 18.1 Å². The van der Waals surface area contributed by atoms with Gasteiger partial charge in [-0.25, -0.2) is 9.18 Å². The van der Waals surface area contributed by atoms with Gasteiger partial charge < -0.3 is 15.7 Å². The Hall–Kier alpha value is -1.27. The van der Waals surface area contributed by atoms with Gasteiger partial charge in [0.15, 0.2) is 0 Å². The average Bonchev–Trinajstić information content (AvgIpc) is 3.26. The van der Waals surface area contributed by atoms with Crippen LogP contribution in [-0.2, 0) is 0 Å². The third-order valence-electron chi connectivity index (χ3n) is 4.27. The topological polar surface area (TPSA) is 61.4 Å². The number of thioether (sulfide) groups is 1. The Kier molecular flexibility index (Phi) is 4.59. The molecule has 0 aromatic heterocycles. The van der Waals surface area contributed by atoms with E-state index in [2.05, 4.69) is 10.6 Å². The largest absolute Gasteiger partial charge is 0.387 e. The number of carbonyl (C=O) groups excluding carboxylic acids is 1. The summed E-state index contributed by atoms with van der Waals surface area (Å²) in [6, 6.07) is 5.92. The van der Waals surface area contributed by atoms with Crippen LogP contribution in [-0.4, -0.2) is 34.8 Å². The van der Waals surface area contributed by atoms with Gasteiger partial charge in [0.25, 0.3) is 0 Å². The predicted octanol–water partition coefficient (Wildman–Crippen LogP) is 2.44. The molecule has 1 aromatic carbocycles. The molecule has 0 bridgehead atoms. The molecular formula is C16H21FN2O2S. The fraction of sp³-hybridized carbons (Fsp3) is 0.562. The Balaban J connectivity index is 1.56. The van der Waals surface area contributed by atoms with Crippen molar-refractivity contribution in [3.8, 4) is 0 Å². The molecule has 2 fully saturated rings. The second-order valence-electron chi connectivity index (χ2n) is 6.22. The third kappa shape index (κ3) is 3.93. The first-order valence-corrected chi connectivity index (χ1v) is 8.81. The molecule has 3 N–H and O–H groups in total. The Morgan fingerprint density at radius 3 is 2.73 bits per heavy atom. The van der Waals surface area contributed by atoms with Crippen LogP contribution < -0.4 is 10.6 Å². The lowest BCUT2D eigenvalue weighted by molar-refractivity contribution is 0.0698. The van der Waals surface area contributed by atoms with Crippen LogP contribution in [0.2, 0.25) is 0 Å². The number of aliphatic hydroxyl groups is 1. The van der Waals surface area contributed by atoms with E-state index in [1.165, 1.54) is 12.1 Å². The molecule has 120 valence electrons. The summed E-state index contributed by atoms with van der Waals surface area (Å²) in [6.45, 7) is 0.270. The first-order chi connectivity index (χ1) is 10.6. The van der Waals surface area contributed by atoms with E-state index >= 15 is 0 Å². The minimum Gasteiger partial charge on any atom is -0.387 e. The second-order valence-corrected chi connectivity index (χ2v) is 7.33. The van der Waals surface area contributed by atoms with Crippen molar-refractivity contribution in [1.29, 1.82) is 0 Å². The third-order valence-corrected chi connectivity index (χ3v) is 5.50. The molecule has 2 aliphatic rings. The number of amides is 2. The van der Waals surface area contributed by atoms with E-state index in [0.717, 1.165) is 24.2 Å².